The van der Waals surface area contributed by atoms with Crippen molar-refractivity contribution < 1.29 is 9.53 Å². The normalized spacial score (nSPS) is 11.9. The van der Waals surface area contributed by atoms with Crippen LogP contribution >= 0.6 is 0 Å². The molecule has 5 heteroatoms. The summed E-state index contributed by atoms with van der Waals surface area (Å²) in [6, 6.07) is 7.02. The van der Waals surface area contributed by atoms with Crippen molar-refractivity contribution >= 4 is 17.4 Å². The molecule has 4 N–H and O–H groups in total. The predicted molar refractivity (Wildman–Crippen MR) is 69.2 cm³/mol. The highest BCUT2D eigenvalue weighted by atomic mass is 16.5. The minimum absolute atomic E-state index is 0.207. The van der Waals surface area contributed by atoms with Crippen molar-refractivity contribution in [3.8, 4) is 0 Å². The summed E-state index contributed by atoms with van der Waals surface area (Å²) in [5.41, 5.74) is 6.64. The van der Waals surface area contributed by atoms with Crippen LogP contribution in [0.25, 0.3) is 0 Å². The fourth-order valence-electron chi connectivity index (χ4n) is 1.45. The van der Waals surface area contributed by atoms with E-state index in [1.54, 1.807) is 6.07 Å². The second-order valence-electron chi connectivity index (χ2n) is 3.77. The zero-order chi connectivity index (χ0) is 12.7. The number of hydrogen-bond acceptors (Lipinski definition) is 3. The molecule has 0 bridgehead atoms. The molecule has 1 atom stereocenters. The van der Waals surface area contributed by atoms with Gasteiger partial charge in [-0.2, -0.15) is 0 Å². The number of hydrogen-bond donors (Lipinski definition) is 3. The number of rotatable bonds is 6. The fourth-order valence-corrected chi connectivity index (χ4v) is 1.45. The van der Waals surface area contributed by atoms with Gasteiger partial charge in [0.05, 0.1) is 6.61 Å². The number of ether oxygens (including phenoxy) is 1. The Kier molecular flexibility index (Phi) is 5.29. The Labute approximate surface area is 101 Å². The maximum atomic E-state index is 10.7. The fraction of sp³-hybridized carbons (Fsp3) is 0.417. The second kappa shape index (κ2) is 6.75. The largest absolute Gasteiger partial charge is 0.380 e. The third-order valence-corrected chi connectivity index (χ3v) is 2.12. The molecule has 1 unspecified atom stereocenters. The molecule has 0 radical (unpaired) electrons. The van der Waals surface area contributed by atoms with E-state index in [9.17, 15) is 4.79 Å². The van der Waals surface area contributed by atoms with E-state index < -0.39 is 6.03 Å². The molecule has 1 aromatic rings. The topological polar surface area (TPSA) is 76.4 Å². The maximum absolute atomic E-state index is 10.7. The number of nitrogens with one attached hydrogen (secondary N) is 2. The molecule has 0 aliphatic carbocycles. The summed E-state index contributed by atoms with van der Waals surface area (Å²) >= 11 is 0. The van der Waals surface area contributed by atoms with Crippen LogP contribution in [-0.4, -0.2) is 25.3 Å². The van der Waals surface area contributed by atoms with Crippen LogP contribution in [0, 0.1) is 0 Å². The van der Waals surface area contributed by atoms with Crippen molar-refractivity contribution in [3.05, 3.63) is 24.3 Å². The van der Waals surface area contributed by atoms with Gasteiger partial charge in [0.2, 0.25) is 0 Å². The molecule has 0 saturated heterocycles. The molecule has 0 fully saturated rings. The van der Waals surface area contributed by atoms with E-state index in [-0.39, 0.29) is 6.04 Å². The maximum Gasteiger partial charge on any atom is 0.316 e. The van der Waals surface area contributed by atoms with Gasteiger partial charge in [-0.15, -0.1) is 0 Å². The number of amides is 2. The SMILES string of the molecule is CCOCC(C)Nc1cccc(NC(N)=O)c1. The van der Waals surface area contributed by atoms with Crippen LogP contribution < -0.4 is 16.4 Å². The van der Waals surface area contributed by atoms with Gasteiger partial charge in [-0.3, -0.25) is 0 Å². The van der Waals surface area contributed by atoms with Gasteiger partial charge in [-0.1, -0.05) is 6.07 Å². The van der Waals surface area contributed by atoms with Crippen molar-refractivity contribution in [3.63, 3.8) is 0 Å². The number of nitrogens with two attached hydrogens (primary N) is 1. The summed E-state index contributed by atoms with van der Waals surface area (Å²) in [6.07, 6.45) is 0. The average molecular weight is 237 g/mol. The standard InChI is InChI=1S/C12H19N3O2/c1-3-17-8-9(2)14-10-5-4-6-11(7-10)15-12(13)16/h4-7,9,14H,3,8H2,1-2H3,(H3,13,15,16). The molecule has 0 aromatic heterocycles. The van der Waals surface area contributed by atoms with Crippen LogP contribution in [-0.2, 0) is 4.74 Å². The van der Waals surface area contributed by atoms with Gasteiger partial charge < -0.3 is 21.1 Å². The number of urea groups is 1. The lowest BCUT2D eigenvalue weighted by atomic mass is 10.2. The smallest absolute Gasteiger partial charge is 0.316 e. The lowest BCUT2D eigenvalue weighted by molar-refractivity contribution is 0.141. The average Bonchev–Trinajstić information content (AvgIpc) is 2.26. The summed E-state index contributed by atoms with van der Waals surface area (Å²) < 4.78 is 5.31. The first-order valence-corrected chi connectivity index (χ1v) is 5.62. The first-order valence-electron chi connectivity index (χ1n) is 5.62. The zero-order valence-electron chi connectivity index (χ0n) is 10.2. The molecular weight excluding hydrogens is 218 g/mol. The lowest BCUT2D eigenvalue weighted by Gasteiger charge is -2.15. The summed E-state index contributed by atoms with van der Waals surface area (Å²) in [5, 5.41) is 5.80. The molecule has 0 aliphatic rings. The summed E-state index contributed by atoms with van der Waals surface area (Å²) in [6.45, 7) is 5.34. The van der Waals surface area contributed by atoms with Gasteiger partial charge in [0.15, 0.2) is 0 Å². The molecule has 94 valence electrons. The molecule has 0 heterocycles. The molecule has 5 nitrogen and oxygen atoms in total. The molecule has 0 saturated carbocycles. The Hall–Kier alpha value is -1.75. The van der Waals surface area contributed by atoms with Crippen LogP contribution in [0.4, 0.5) is 16.2 Å². The summed E-state index contributed by atoms with van der Waals surface area (Å²) in [4.78, 5) is 10.7. The Bertz CT molecular complexity index is 369. The Morgan fingerprint density at radius 2 is 2.18 bits per heavy atom. The van der Waals surface area contributed by atoms with Gasteiger partial charge in [0, 0.05) is 24.0 Å². The highest BCUT2D eigenvalue weighted by Crippen LogP contribution is 2.15. The van der Waals surface area contributed by atoms with Gasteiger partial charge in [0.1, 0.15) is 0 Å². The quantitative estimate of drug-likeness (QED) is 0.708. The molecule has 17 heavy (non-hydrogen) atoms. The lowest BCUT2D eigenvalue weighted by Crippen LogP contribution is -2.22. The molecule has 0 aliphatic heterocycles. The third-order valence-electron chi connectivity index (χ3n) is 2.12. The minimum atomic E-state index is -0.565. The van der Waals surface area contributed by atoms with Crippen LogP contribution in [0.3, 0.4) is 0 Å². The molecule has 1 aromatic carbocycles. The zero-order valence-corrected chi connectivity index (χ0v) is 10.2. The van der Waals surface area contributed by atoms with Crippen molar-refractivity contribution in [2.24, 2.45) is 5.73 Å². The summed E-state index contributed by atoms with van der Waals surface area (Å²) in [5.74, 6) is 0. The van der Waals surface area contributed by atoms with E-state index >= 15 is 0 Å². The number of anilines is 2. The molecular formula is C12H19N3O2. The van der Waals surface area contributed by atoms with Crippen molar-refractivity contribution in [1.29, 1.82) is 0 Å². The molecule has 0 spiro atoms. The van der Waals surface area contributed by atoms with Gasteiger partial charge in [0.25, 0.3) is 0 Å². The van der Waals surface area contributed by atoms with Gasteiger partial charge in [-0.25, -0.2) is 4.79 Å². The number of primary amides is 1. The second-order valence-corrected chi connectivity index (χ2v) is 3.77. The molecule has 1 rings (SSSR count). The molecule has 2 amide bonds. The number of carbonyl (C=O) groups is 1. The number of carbonyl (C=O) groups excluding carboxylic acids is 1. The van der Waals surface area contributed by atoms with Crippen LogP contribution in [0.1, 0.15) is 13.8 Å². The Morgan fingerprint density at radius 1 is 1.47 bits per heavy atom. The first-order chi connectivity index (χ1) is 8.11. The van der Waals surface area contributed by atoms with E-state index in [0.717, 1.165) is 5.69 Å². The van der Waals surface area contributed by atoms with Crippen LogP contribution in [0.5, 0.6) is 0 Å². The van der Waals surface area contributed by atoms with E-state index in [1.807, 2.05) is 32.0 Å². The highest BCUT2D eigenvalue weighted by Gasteiger charge is 2.03. The Morgan fingerprint density at radius 3 is 2.82 bits per heavy atom. The van der Waals surface area contributed by atoms with Crippen molar-refractivity contribution in [2.75, 3.05) is 23.8 Å². The number of benzene rings is 1. The minimum Gasteiger partial charge on any atom is -0.380 e. The summed E-state index contributed by atoms with van der Waals surface area (Å²) in [7, 11) is 0. The first kappa shape index (κ1) is 13.3. The van der Waals surface area contributed by atoms with E-state index in [4.69, 9.17) is 10.5 Å². The van der Waals surface area contributed by atoms with E-state index in [2.05, 4.69) is 10.6 Å². The highest BCUT2D eigenvalue weighted by molar-refractivity contribution is 5.88. The Balaban J connectivity index is 2.55. The van der Waals surface area contributed by atoms with Gasteiger partial charge in [-0.05, 0) is 32.0 Å². The predicted octanol–water partition coefficient (Wildman–Crippen LogP) is 2.01. The van der Waals surface area contributed by atoms with Crippen molar-refractivity contribution in [1.82, 2.24) is 0 Å². The third kappa shape index (κ3) is 5.21. The monoisotopic (exact) mass is 237 g/mol. The van der Waals surface area contributed by atoms with Gasteiger partial charge >= 0.3 is 6.03 Å². The van der Waals surface area contributed by atoms with Crippen LogP contribution in [0.15, 0.2) is 24.3 Å². The van der Waals surface area contributed by atoms with Crippen molar-refractivity contribution in [2.45, 2.75) is 19.9 Å². The van der Waals surface area contributed by atoms with Crippen LogP contribution in [0.2, 0.25) is 0 Å². The van der Waals surface area contributed by atoms with E-state index in [0.29, 0.717) is 18.9 Å². The van der Waals surface area contributed by atoms with E-state index in [1.165, 1.54) is 0 Å².